The molecule has 266 valence electrons. The van der Waals surface area contributed by atoms with Gasteiger partial charge in [0.2, 0.25) is 35.5 Å². The second-order valence-corrected chi connectivity index (χ2v) is 13.2. The Labute approximate surface area is 280 Å². The number of aryl methyl sites for hydroxylation is 1. The number of pyridine rings is 1. The highest BCUT2D eigenvalue weighted by Gasteiger charge is 2.31. The van der Waals surface area contributed by atoms with Gasteiger partial charge >= 0.3 is 0 Å². The fraction of sp³-hybridized carbons (Fsp3) is 0.706. The average Bonchev–Trinajstić information content (AvgIpc) is 3.00. The molecule has 47 heavy (non-hydrogen) atoms. The lowest BCUT2D eigenvalue weighted by atomic mass is 9.97. The van der Waals surface area contributed by atoms with Crippen LogP contribution in [0, 0.1) is 24.7 Å². The molecule has 13 nitrogen and oxygen atoms in total. The van der Waals surface area contributed by atoms with E-state index in [0.717, 1.165) is 4.73 Å². The van der Waals surface area contributed by atoms with Gasteiger partial charge in [0.1, 0.15) is 18.1 Å². The molecule has 0 aliphatic heterocycles. The van der Waals surface area contributed by atoms with Crippen molar-refractivity contribution in [2.75, 3.05) is 13.1 Å². The minimum atomic E-state index is -0.886. The summed E-state index contributed by atoms with van der Waals surface area (Å²) in [6, 6.07) is -0.359. The fourth-order valence-corrected chi connectivity index (χ4v) is 5.07. The summed E-state index contributed by atoms with van der Waals surface area (Å²) in [6.45, 7) is 19.5. The molecule has 3 unspecified atom stereocenters. The SMILES string of the molecule is CCC[C@H](NC(=O)C(NC(=O)c1cc[n+](O)c(C)c1)[C@@H](C)CC)C(=O)NC(CN[C@@H](C)C(=O)NC(C(=O)NCC)C(C)C)CC(C)C. The van der Waals surface area contributed by atoms with E-state index in [0.29, 0.717) is 50.0 Å². The van der Waals surface area contributed by atoms with Gasteiger partial charge in [0.15, 0.2) is 0 Å². The summed E-state index contributed by atoms with van der Waals surface area (Å²) in [5.74, 6) is -1.89. The molecule has 0 spiro atoms. The first-order chi connectivity index (χ1) is 22.1. The van der Waals surface area contributed by atoms with Crippen molar-refractivity contribution in [3.05, 3.63) is 29.6 Å². The van der Waals surface area contributed by atoms with E-state index in [9.17, 15) is 29.2 Å². The van der Waals surface area contributed by atoms with E-state index >= 15 is 0 Å². The molecule has 6 atom stereocenters. The van der Waals surface area contributed by atoms with Crippen molar-refractivity contribution in [2.45, 2.75) is 125 Å². The summed E-state index contributed by atoms with van der Waals surface area (Å²) in [7, 11) is 0. The molecule has 0 aromatic carbocycles. The summed E-state index contributed by atoms with van der Waals surface area (Å²) in [6.07, 6.45) is 3.63. The van der Waals surface area contributed by atoms with Gasteiger partial charge in [-0.15, -0.1) is 0 Å². The van der Waals surface area contributed by atoms with Crippen LogP contribution in [0.2, 0.25) is 0 Å². The van der Waals surface area contributed by atoms with Gasteiger partial charge in [-0.05, 0) is 44.4 Å². The number of likely N-dealkylation sites (N-methyl/N-ethyl adjacent to an activating group) is 1. The lowest BCUT2D eigenvalue weighted by Gasteiger charge is -2.29. The first-order valence-corrected chi connectivity index (χ1v) is 17.0. The van der Waals surface area contributed by atoms with Crippen molar-refractivity contribution in [3.8, 4) is 0 Å². The second-order valence-electron chi connectivity index (χ2n) is 13.2. The number of hydrogen-bond donors (Lipinski definition) is 7. The normalized spacial score (nSPS) is 15.1. The number of carbonyl (C=O) groups excluding carboxylic acids is 5. The Kier molecular flexibility index (Phi) is 18.0. The first-order valence-electron chi connectivity index (χ1n) is 17.0. The van der Waals surface area contributed by atoms with Crippen LogP contribution >= 0.6 is 0 Å². The molecule has 0 saturated heterocycles. The van der Waals surface area contributed by atoms with Crippen molar-refractivity contribution in [1.82, 2.24) is 31.9 Å². The smallest absolute Gasteiger partial charge is 0.252 e. The van der Waals surface area contributed by atoms with E-state index in [4.69, 9.17) is 0 Å². The largest absolute Gasteiger partial charge is 0.355 e. The molecule has 1 aromatic heterocycles. The topological polar surface area (TPSA) is 182 Å². The maximum Gasteiger partial charge on any atom is 0.252 e. The standard InChI is InChI=1S/C34H59N7O6/c1-11-14-27(38-34(46)29(22(8)12-2)40-31(43)25-15-16-41(47)23(9)18-25)32(44)37-26(17-20(4)5)19-36-24(10)30(42)39-28(21(6)7)33(45)35-13-3/h15-16,18,20-22,24,26-29,36H,11-14,17,19H2,1-10H3,(H5-,35,37,38,39,40,42,43,44,45,46,47)/p+1/t22-,24-,26?,27-,28?,29?/m0/s1. The molecule has 7 N–H and O–H groups in total. The van der Waals surface area contributed by atoms with Gasteiger partial charge in [0.25, 0.3) is 5.91 Å². The minimum Gasteiger partial charge on any atom is -0.355 e. The zero-order valence-corrected chi connectivity index (χ0v) is 30.0. The zero-order chi connectivity index (χ0) is 35.8. The van der Waals surface area contributed by atoms with Crippen LogP contribution in [-0.4, -0.2) is 78.0 Å². The number of amides is 5. The summed E-state index contributed by atoms with van der Waals surface area (Å²) < 4.78 is 0.901. The van der Waals surface area contributed by atoms with Crippen LogP contribution in [0.4, 0.5) is 0 Å². The number of aromatic nitrogens is 1. The first kappa shape index (κ1) is 41.3. The molecular formula is C34H60N7O6+. The van der Waals surface area contributed by atoms with Crippen molar-refractivity contribution < 1.29 is 33.9 Å². The number of nitrogens with zero attached hydrogens (tertiary/aromatic N) is 1. The maximum absolute atomic E-state index is 13.6. The highest BCUT2D eigenvalue weighted by atomic mass is 16.5. The molecule has 0 saturated carbocycles. The third kappa shape index (κ3) is 13.9. The molecule has 1 heterocycles. The Bertz CT molecular complexity index is 1190. The summed E-state index contributed by atoms with van der Waals surface area (Å²) >= 11 is 0. The van der Waals surface area contributed by atoms with Crippen LogP contribution in [-0.2, 0) is 19.2 Å². The Morgan fingerprint density at radius 2 is 1.49 bits per heavy atom. The third-order valence-electron chi connectivity index (χ3n) is 8.14. The van der Waals surface area contributed by atoms with Crippen LogP contribution in [0.1, 0.15) is 104 Å². The molecule has 0 bridgehead atoms. The molecule has 0 aliphatic rings. The number of rotatable bonds is 20. The van der Waals surface area contributed by atoms with Crippen LogP contribution in [0.3, 0.4) is 0 Å². The lowest BCUT2D eigenvalue weighted by molar-refractivity contribution is -0.908. The molecule has 0 radical (unpaired) electrons. The highest BCUT2D eigenvalue weighted by Crippen LogP contribution is 2.12. The van der Waals surface area contributed by atoms with E-state index < -0.39 is 36.0 Å². The number of hydrogen-bond acceptors (Lipinski definition) is 7. The van der Waals surface area contributed by atoms with Crippen LogP contribution in [0.5, 0.6) is 0 Å². The van der Waals surface area contributed by atoms with Gasteiger partial charge < -0.3 is 31.9 Å². The molecule has 13 heteroatoms. The predicted octanol–water partition coefficient (Wildman–Crippen LogP) is 1.74. The van der Waals surface area contributed by atoms with Gasteiger partial charge in [0, 0.05) is 42.9 Å². The van der Waals surface area contributed by atoms with Crippen molar-refractivity contribution in [1.29, 1.82) is 0 Å². The van der Waals surface area contributed by atoms with Crippen molar-refractivity contribution in [2.24, 2.45) is 17.8 Å². The third-order valence-corrected chi connectivity index (χ3v) is 8.14. The number of nitrogens with one attached hydrogen (secondary N) is 6. The highest BCUT2D eigenvalue weighted by molar-refractivity contribution is 5.98. The van der Waals surface area contributed by atoms with E-state index in [1.54, 1.807) is 13.8 Å². The molecule has 1 aromatic rings. The fourth-order valence-electron chi connectivity index (χ4n) is 5.07. The van der Waals surface area contributed by atoms with Crippen LogP contribution < -0.4 is 36.6 Å². The second kappa shape index (κ2) is 20.5. The summed E-state index contributed by atoms with van der Waals surface area (Å²) in [5, 5.41) is 27.3. The van der Waals surface area contributed by atoms with E-state index in [-0.39, 0.29) is 41.5 Å². The average molecular weight is 663 g/mol. The minimum absolute atomic E-state index is 0.0965. The molecule has 5 amide bonds. The maximum atomic E-state index is 13.6. The van der Waals surface area contributed by atoms with Crippen molar-refractivity contribution >= 4 is 29.5 Å². The Balaban J connectivity index is 3.00. The Morgan fingerprint density at radius 3 is 2.02 bits per heavy atom. The predicted molar refractivity (Wildman–Crippen MR) is 180 cm³/mol. The molecule has 0 aliphatic carbocycles. The quantitative estimate of drug-likeness (QED) is 0.0820. The van der Waals surface area contributed by atoms with Gasteiger partial charge in [0.05, 0.1) is 11.6 Å². The zero-order valence-electron chi connectivity index (χ0n) is 30.0. The Morgan fingerprint density at radius 1 is 0.830 bits per heavy atom. The van der Waals surface area contributed by atoms with E-state index in [1.807, 2.05) is 55.4 Å². The van der Waals surface area contributed by atoms with Gasteiger partial charge in [-0.25, -0.2) is 0 Å². The van der Waals surface area contributed by atoms with Gasteiger partial charge in [-0.1, -0.05) is 61.3 Å². The summed E-state index contributed by atoms with van der Waals surface area (Å²) in [4.78, 5) is 65.6. The Hall–Kier alpha value is -3.74. The number of carbonyl (C=O) groups is 5. The van der Waals surface area contributed by atoms with Crippen LogP contribution in [0.15, 0.2) is 18.3 Å². The lowest BCUT2D eigenvalue weighted by Crippen LogP contribution is -2.58. The van der Waals surface area contributed by atoms with Gasteiger partial charge in [-0.3, -0.25) is 29.2 Å². The molecular weight excluding hydrogens is 602 g/mol. The van der Waals surface area contributed by atoms with Crippen LogP contribution in [0.25, 0.3) is 0 Å². The van der Waals surface area contributed by atoms with Crippen molar-refractivity contribution in [3.63, 3.8) is 0 Å². The molecule has 1 rings (SSSR count). The van der Waals surface area contributed by atoms with E-state index in [1.165, 1.54) is 18.3 Å². The monoisotopic (exact) mass is 662 g/mol. The summed E-state index contributed by atoms with van der Waals surface area (Å²) in [5.41, 5.74) is 0.758. The molecule has 0 fully saturated rings. The van der Waals surface area contributed by atoms with E-state index in [2.05, 4.69) is 31.9 Å². The van der Waals surface area contributed by atoms with Gasteiger partial charge in [-0.2, -0.15) is 0 Å².